The topological polar surface area (TPSA) is 81.7 Å². The van der Waals surface area contributed by atoms with Crippen molar-refractivity contribution in [3.8, 4) is 0 Å². The number of hydrogen-bond donors (Lipinski definition) is 1. The second kappa shape index (κ2) is 8.81. The molecular weight excluding hydrogens is 286 g/mol. The minimum absolute atomic E-state index is 0.0967. The number of hydrogen-bond acceptors (Lipinski definition) is 5. The first-order chi connectivity index (χ1) is 10.4. The summed E-state index contributed by atoms with van der Waals surface area (Å²) < 4.78 is 9.61. The largest absolute Gasteiger partial charge is 0.445 e. The maximum Gasteiger partial charge on any atom is 0.408 e. The van der Waals surface area contributed by atoms with Crippen LogP contribution in [0, 0.1) is 5.92 Å². The van der Waals surface area contributed by atoms with Crippen molar-refractivity contribution in [3.05, 3.63) is 35.9 Å². The summed E-state index contributed by atoms with van der Waals surface area (Å²) in [7, 11) is 0. The number of benzene rings is 1. The van der Waals surface area contributed by atoms with Crippen LogP contribution >= 0.6 is 0 Å². The van der Waals surface area contributed by atoms with Crippen molar-refractivity contribution in [3.63, 3.8) is 0 Å². The third kappa shape index (κ3) is 6.88. The normalized spacial score (nSPS) is 11.6. The van der Waals surface area contributed by atoms with E-state index in [0.717, 1.165) is 5.56 Å². The molecule has 1 rings (SSSR count). The Morgan fingerprint density at radius 3 is 2.32 bits per heavy atom. The van der Waals surface area contributed by atoms with E-state index in [4.69, 9.17) is 4.74 Å². The second-order valence-corrected chi connectivity index (χ2v) is 5.32. The number of ether oxygens (including phenoxy) is 2. The minimum Gasteiger partial charge on any atom is -0.445 e. The Morgan fingerprint density at radius 2 is 1.73 bits per heavy atom. The number of carbonyl (C=O) groups is 3. The Bertz CT molecular complexity index is 513. The summed E-state index contributed by atoms with van der Waals surface area (Å²) in [5, 5.41) is 2.32. The molecule has 1 atom stereocenters. The molecule has 0 aliphatic heterocycles. The zero-order valence-corrected chi connectivity index (χ0v) is 13.0. The Hall–Kier alpha value is -2.37. The maximum absolute atomic E-state index is 11.6. The van der Waals surface area contributed by atoms with Gasteiger partial charge in [-0.3, -0.25) is 4.79 Å². The molecular formula is C16H21NO5. The van der Waals surface area contributed by atoms with Crippen LogP contribution in [0.5, 0.6) is 0 Å². The van der Waals surface area contributed by atoms with Gasteiger partial charge in [0.2, 0.25) is 0 Å². The lowest BCUT2D eigenvalue weighted by Crippen LogP contribution is -2.40. The number of amides is 1. The van der Waals surface area contributed by atoms with Crippen molar-refractivity contribution in [2.75, 3.05) is 0 Å². The van der Waals surface area contributed by atoms with Crippen molar-refractivity contribution in [1.29, 1.82) is 0 Å². The highest BCUT2D eigenvalue weighted by Gasteiger charge is 2.21. The first-order valence-corrected chi connectivity index (χ1v) is 7.10. The molecule has 0 fully saturated rings. The molecule has 0 spiro atoms. The lowest BCUT2D eigenvalue weighted by atomic mass is 10.1. The van der Waals surface area contributed by atoms with Gasteiger partial charge >= 0.3 is 18.0 Å². The maximum atomic E-state index is 11.6. The molecule has 1 aromatic rings. The van der Waals surface area contributed by atoms with E-state index in [2.05, 4.69) is 10.1 Å². The van der Waals surface area contributed by atoms with Gasteiger partial charge in [0.25, 0.3) is 0 Å². The van der Waals surface area contributed by atoms with Crippen molar-refractivity contribution in [2.45, 2.75) is 39.8 Å². The first-order valence-electron chi connectivity index (χ1n) is 7.10. The Morgan fingerprint density at radius 1 is 1.09 bits per heavy atom. The molecule has 0 aliphatic carbocycles. The van der Waals surface area contributed by atoms with E-state index in [9.17, 15) is 14.4 Å². The number of esters is 2. The van der Waals surface area contributed by atoms with Gasteiger partial charge in [-0.05, 0) is 18.4 Å². The van der Waals surface area contributed by atoms with Crippen LogP contribution in [0.25, 0.3) is 0 Å². The Kier molecular flexibility index (Phi) is 7.08. The van der Waals surface area contributed by atoms with Gasteiger partial charge in [0.15, 0.2) is 0 Å². The molecule has 0 saturated heterocycles. The standard InChI is InChI=1S/C16H21NO5/c1-11(2)9-14(18)22-15(19)12(3)17-16(20)21-10-13-7-5-4-6-8-13/h4-8,11-12H,9-10H2,1-3H3,(H,17,20)/t12-/m1/s1. The summed E-state index contributed by atoms with van der Waals surface area (Å²) in [4.78, 5) is 34.6. The van der Waals surface area contributed by atoms with Gasteiger partial charge in [0.1, 0.15) is 12.6 Å². The summed E-state index contributed by atoms with van der Waals surface area (Å²) >= 11 is 0. The SMILES string of the molecule is CC(C)CC(=O)OC(=O)[C@@H](C)NC(=O)OCc1ccccc1. The van der Waals surface area contributed by atoms with E-state index in [1.165, 1.54) is 6.92 Å². The molecule has 0 unspecified atom stereocenters. The van der Waals surface area contributed by atoms with E-state index in [0.29, 0.717) is 0 Å². The summed E-state index contributed by atoms with van der Waals surface area (Å²) in [5.74, 6) is -1.31. The van der Waals surface area contributed by atoms with E-state index < -0.39 is 24.1 Å². The van der Waals surface area contributed by atoms with Crippen LogP contribution in [-0.4, -0.2) is 24.1 Å². The fraction of sp³-hybridized carbons (Fsp3) is 0.438. The zero-order valence-electron chi connectivity index (χ0n) is 13.0. The van der Waals surface area contributed by atoms with Crippen LogP contribution in [0.3, 0.4) is 0 Å². The molecule has 0 saturated carbocycles. The van der Waals surface area contributed by atoms with Crippen LogP contribution in [0.4, 0.5) is 4.79 Å². The fourth-order valence-corrected chi connectivity index (χ4v) is 1.58. The van der Waals surface area contributed by atoms with Gasteiger partial charge in [-0.1, -0.05) is 44.2 Å². The van der Waals surface area contributed by atoms with Crippen LogP contribution < -0.4 is 5.32 Å². The van der Waals surface area contributed by atoms with Gasteiger partial charge < -0.3 is 14.8 Å². The van der Waals surface area contributed by atoms with Gasteiger partial charge in [0, 0.05) is 6.42 Å². The first kappa shape index (κ1) is 17.7. The van der Waals surface area contributed by atoms with Gasteiger partial charge in [-0.15, -0.1) is 0 Å². The molecule has 1 amide bonds. The van der Waals surface area contributed by atoms with Crippen LogP contribution in [0.1, 0.15) is 32.8 Å². The minimum atomic E-state index is -0.959. The second-order valence-electron chi connectivity index (χ2n) is 5.32. The van der Waals surface area contributed by atoms with Crippen LogP contribution in [0.2, 0.25) is 0 Å². The van der Waals surface area contributed by atoms with E-state index >= 15 is 0 Å². The highest BCUT2D eigenvalue weighted by Crippen LogP contribution is 2.03. The van der Waals surface area contributed by atoms with Crippen LogP contribution in [-0.2, 0) is 25.7 Å². The quantitative estimate of drug-likeness (QED) is 0.644. The molecule has 120 valence electrons. The number of nitrogens with one attached hydrogen (secondary N) is 1. The van der Waals surface area contributed by atoms with Crippen molar-refractivity contribution < 1.29 is 23.9 Å². The molecule has 6 heteroatoms. The number of alkyl carbamates (subject to hydrolysis) is 1. The molecule has 6 nitrogen and oxygen atoms in total. The molecule has 1 aromatic carbocycles. The summed E-state index contributed by atoms with van der Waals surface area (Å²) in [6, 6.07) is 8.19. The van der Waals surface area contributed by atoms with E-state index in [-0.39, 0.29) is 18.9 Å². The lowest BCUT2D eigenvalue weighted by molar-refractivity contribution is -0.161. The van der Waals surface area contributed by atoms with Crippen molar-refractivity contribution in [1.82, 2.24) is 5.32 Å². The fourth-order valence-electron chi connectivity index (χ4n) is 1.58. The molecule has 0 radical (unpaired) electrons. The smallest absolute Gasteiger partial charge is 0.408 e. The predicted octanol–water partition coefficient (Wildman–Crippen LogP) is 2.42. The summed E-state index contributed by atoms with van der Waals surface area (Å²) in [6.07, 6.45) is -0.596. The predicted molar refractivity (Wildman–Crippen MR) is 79.8 cm³/mol. The van der Waals surface area contributed by atoms with Crippen molar-refractivity contribution in [2.24, 2.45) is 5.92 Å². The third-order valence-corrected chi connectivity index (χ3v) is 2.69. The van der Waals surface area contributed by atoms with Crippen LogP contribution in [0.15, 0.2) is 30.3 Å². The highest BCUT2D eigenvalue weighted by atomic mass is 16.6. The summed E-state index contributed by atoms with van der Waals surface area (Å²) in [6.45, 7) is 5.21. The van der Waals surface area contributed by atoms with Gasteiger partial charge in [0.05, 0.1) is 0 Å². The molecule has 1 N–H and O–H groups in total. The van der Waals surface area contributed by atoms with Gasteiger partial charge in [-0.2, -0.15) is 0 Å². The Labute approximate surface area is 129 Å². The molecule has 0 aromatic heterocycles. The van der Waals surface area contributed by atoms with Crippen molar-refractivity contribution >= 4 is 18.0 Å². The third-order valence-electron chi connectivity index (χ3n) is 2.69. The zero-order chi connectivity index (χ0) is 16.5. The monoisotopic (exact) mass is 307 g/mol. The molecule has 0 heterocycles. The van der Waals surface area contributed by atoms with Gasteiger partial charge in [-0.25, -0.2) is 9.59 Å². The molecule has 0 bridgehead atoms. The molecule has 22 heavy (non-hydrogen) atoms. The lowest BCUT2D eigenvalue weighted by Gasteiger charge is -2.13. The average molecular weight is 307 g/mol. The molecule has 0 aliphatic rings. The highest BCUT2D eigenvalue weighted by molar-refractivity contribution is 5.90. The summed E-state index contributed by atoms with van der Waals surface area (Å²) in [5.41, 5.74) is 0.833. The number of rotatable bonds is 6. The van der Waals surface area contributed by atoms with E-state index in [1.54, 1.807) is 0 Å². The number of carbonyl (C=O) groups excluding carboxylic acids is 3. The van der Waals surface area contributed by atoms with E-state index in [1.807, 2.05) is 44.2 Å². The average Bonchev–Trinajstić information content (AvgIpc) is 2.45. The Balaban J connectivity index is 2.33.